The average molecular weight is 359 g/mol. The summed E-state index contributed by atoms with van der Waals surface area (Å²) in [5.41, 5.74) is 5.64. The molecule has 2 aromatic carbocycles. The zero-order valence-corrected chi connectivity index (χ0v) is 15.5. The first kappa shape index (κ1) is 17.6. The minimum atomic E-state index is 0.808. The summed E-state index contributed by atoms with van der Waals surface area (Å²) in [4.78, 5) is 2.55. The van der Waals surface area contributed by atoms with Crippen molar-refractivity contribution in [2.75, 3.05) is 19.6 Å². The highest BCUT2D eigenvalue weighted by molar-refractivity contribution is 5.82. The maximum Gasteiger partial charge on any atom is 0.174 e. The van der Waals surface area contributed by atoms with Gasteiger partial charge in [-0.25, -0.2) is 0 Å². The third-order valence-corrected chi connectivity index (χ3v) is 5.20. The number of nitrogens with one attached hydrogen (secondary N) is 1. The Hall–Kier alpha value is -2.79. The van der Waals surface area contributed by atoms with Crippen LogP contribution in [0.3, 0.4) is 0 Å². The van der Waals surface area contributed by atoms with E-state index in [-0.39, 0.29) is 0 Å². The number of nitrogens with zero attached hydrogens (tertiary/aromatic N) is 4. The fraction of sp³-hybridized carbons (Fsp3) is 0.318. The average Bonchev–Trinajstić information content (AvgIpc) is 3.25. The van der Waals surface area contributed by atoms with Crippen molar-refractivity contribution in [1.29, 1.82) is 0 Å². The molecule has 1 aliphatic heterocycles. The van der Waals surface area contributed by atoms with Crippen LogP contribution in [0.15, 0.2) is 66.2 Å². The van der Waals surface area contributed by atoms with Crippen molar-refractivity contribution < 1.29 is 0 Å². The minimum absolute atomic E-state index is 0.808. The van der Waals surface area contributed by atoms with Crippen molar-refractivity contribution in [3.05, 3.63) is 83.2 Å². The molecule has 3 aromatic rings. The molecule has 1 aliphatic rings. The number of aromatic amines is 1. The van der Waals surface area contributed by atoms with Gasteiger partial charge in [0.2, 0.25) is 0 Å². The number of benzene rings is 2. The molecule has 27 heavy (non-hydrogen) atoms. The fourth-order valence-electron chi connectivity index (χ4n) is 3.83. The van der Waals surface area contributed by atoms with E-state index in [1.54, 1.807) is 5.57 Å². The highest BCUT2D eigenvalue weighted by Gasteiger charge is 2.18. The van der Waals surface area contributed by atoms with E-state index >= 15 is 0 Å². The molecule has 0 unspecified atom stereocenters. The molecule has 1 saturated heterocycles. The summed E-state index contributed by atoms with van der Waals surface area (Å²) in [5, 5.41) is 14.2. The topological polar surface area (TPSA) is 57.7 Å². The Bertz CT molecular complexity index is 805. The molecular weight excluding hydrogens is 334 g/mol. The second-order valence-corrected chi connectivity index (χ2v) is 6.98. The molecule has 0 amide bonds. The normalized spacial score (nSPS) is 15.0. The first-order chi connectivity index (χ1) is 13.4. The molecule has 138 valence electrons. The van der Waals surface area contributed by atoms with E-state index in [4.69, 9.17) is 0 Å². The molecule has 0 saturated carbocycles. The summed E-state index contributed by atoms with van der Waals surface area (Å²) < 4.78 is 0. The number of rotatable bonds is 6. The zero-order valence-electron chi connectivity index (χ0n) is 15.5. The van der Waals surface area contributed by atoms with E-state index in [0.717, 1.165) is 51.1 Å². The van der Waals surface area contributed by atoms with Crippen molar-refractivity contribution in [2.24, 2.45) is 0 Å². The molecular formula is C22H25N5. The second-order valence-electron chi connectivity index (χ2n) is 6.98. The molecule has 0 atom stereocenters. The van der Waals surface area contributed by atoms with Crippen LogP contribution in [0.4, 0.5) is 0 Å². The van der Waals surface area contributed by atoms with Gasteiger partial charge in [-0.05, 0) is 42.5 Å². The van der Waals surface area contributed by atoms with Crippen molar-refractivity contribution >= 4 is 5.57 Å². The van der Waals surface area contributed by atoms with Crippen LogP contribution in [-0.4, -0.2) is 45.2 Å². The van der Waals surface area contributed by atoms with Crippen LogP contribution in [0.25, 0.3) is 5.57 Å². The third kappa shape index (κ3) is 4.49. The Morgan fingerprint density at radius 2 is 1.52 bits per heavy atom. The van der Waals surface area contributed by atoms with Crippen LogP contribution >= 0.6 is 0 Å². The predicted octanol–water partition coefficient (Wildman–Crippen LogP) is 3.73. The molecule has 0 bridgehead atoms. The summed E-state index contributed by atoms with van der Waals surface area (Å²) in [6.45, 7) is 3.32. The van der Waals surface area contributed by atoms with Crippen molar-refractivity contribution in [3.63, 3.8) is 0 Å². The summed E-state index contributed by atoms with van der Waals surface area (Å²) in [6, 6.07) is 21.6. The number of likely N-dealkylation sites (tertiary alicyclic amines) is 1. The molecule has 5 heteroatoms. The van der Waals surface area contributed by atoms with Crippen molar-refractivity contribution in [2.45, 2.75) is 25.7 Å². The van der Waals surface area contributed by atoms with Crippen molar-refractivity contribution in [1.82, 2.24) is 25.5 Å². The van der Waals surface area contributed by atoms with Gasteiger partial charge in [0.1, 0.15) is 0 Å². The largest absolute Gasteiger partial charge is 0.303 e. The highest BCUT2D eigenvalue weighted by Crippen LogP contribution is 2.32. The smallest absolute Gasteiger partial charge is 0.174 e. The standard InChI is InChI=1S/C22H25N5/c1-3-8-18(9-4-1)22(19-10-5-2-6-11-19)20-13-16-27(17-14-20)15-7-12-21-23-25-26-24-21/h1-6,8-11H,7,12-17H2,(H,23,24,25,26). The van der Waals surface area contributed by atoms with Crippen LogP contribution in [-0.2, 0) is 6.42 Å². The fourth-order valence-corrected chi connectivity index (χ4v) is 3.83. The van der Waals surface area contributed by atoms with E-state index in [1.807, 2.05) is 0 Å². The third-order valence-electron chi connectivity index (χ3n) is 5.20. The van der Waals surface area contributed by atoms with Crippen LogP contribution in [0, 0.1) is 0 Å². The molecule has 0 radical (unpaired) electrons. The summed E-state index contributed by atoms with van der Waals surface area (Å²) in [7, 11) is 0. The number of hydrogen-bond acceptors (Lipinski definition) is 4. The van der Waals surface area contributed by atoms with Gasteiger partial charge in [0.15, 0.2) is 5.82 Å². The Balaban J connectivity index is 1.45. The first-order valence-electron chi connectivity index (χ1n) is 9.68. The number of aromatic nitrogens is 4. The Kier molecular flexibility index (Phi) is 5.70. The lowest BCUT2D eigenvalue weighted by Gasteiger charge is -2.30. The summed E-state index contributed by atoms with van der Waals surface area (Å²) >= 11 is 0. The number of H-pyrrole nitrogens is 1. The van der Waals surface area contributed by atoms with Crippen molar-refractivity contribution in [3.8, 4) is 0 Å². The Labute approximate surface area is 160 Å². The van der Waals surface area contributed by atoms with Gasteiger partial charge in [-0.15, -0.1) is 10.2 Å². The predicted molar refractivity (Wildman–Crippen MR) is 107 cm³/mol. The van der Waals surface area contributed by atoms with E-state index in [0.29, 0.717) is 0 Å². The van der Waals surface area contributed by atoms with Gasteiger partial charge in [0.25, 0.3) is 0 Å². The van der Waals surface area contributed by atoms with Crippen LogP contribution in [0.2, 0.25) is 0 Å². The second kappa shape index (κ2) is 8.73. The molecule has 5 nitrogen and oxygen atoms in total. The molecule has 4 rings (SSSR count). The van der Waals surface area contributed by atoms with Gasteiger partial charge in [0, 0.05) is 19.5 Å². The minimum Gasteiger partial charge on any atom is -0.303 e. The lowest BCUT2D eigenvalue weighted by atomic mass is 9.88. The summed E-state index contributed by atoms with van der Waals surface area (Å²) in [5.74, 6) is 0.808. The maximum absolute atomic E-state index is 4.03. The van der Waals surface area contributed by atoms with Crippen LogP contribution < -0.4 is 0 Å². The van der Waals surface area contributed by atoms with Crippen LogP contribution in [0.5, 0.6) is 0 Å². The van der Waals surface area contributed by atoms with Gasteiger partial charge in [0.05, 0.1) is 0 Å². The first-order valence-corrected chi connectivity index (χ1v) is 9.68. The lowest BCUT2D eigenvalue weighted by Crippen LogP contribution is -2.32. The summed E-state index contributed by atoms with van der Waals surface area (Å²) in [6.07, 6.45) is 4.21. The van der Waals surface area contributed by atoms with Gasteiger partial charge in [-0.1, -0.05) is 71.5 Å². The van der Waals surface area contributed by atoms with Gasteiger partial charge >= 0.3 is 0 Å². The maximum atomic E-state index is 4.03. The molecule has 1 N–H and O–H groups in total. The lowest BCUT2D eigenvalue weighted by molar-refractivity contribution is 0.253. The van der Waals surface area contributed by atoms with Gasteiger partial charge in [-0.2, -0.15) is 5.21 Å². The van der Waals surface area contributed by atoms with E-state index < -0.39 is 0 Å². The van der Waals surface area contributed by atoms with Gasteiger partial charge in [-0.3, -0.25) is 0 Å². The molecule has 2 heterocycles. The number of piperidine rings is 1. The monoisotopic (exact) mass is 359 g/mol. The number of hydrogen-bond donors (Lipinski definition) is 1. The zero-order chi connectivity index (χ0) is 18.3. The van der Waals surface area contributed by atoms with E-state index in [9.17, 15) is 0 Å². The van der Waals surface area contributed by atoms with E-state index in [1.165, 1.54) is 16.7 Å². The molecule has 1 fully saturated rings. The van der Waals surface area contributed by atoms with Gasteiger partial charge < -0.3 is 4.90 Å². The number of aryl methyl sites for hydroxylation is 1. The van der Waals surface area contributed by atoms with E-state index in [2.05, 4.69) is 86.2 Å². The Morgan fingerprint density at radius 1 is 0.889 bits per heavy atom. The highest BCUT2D eigenvalue weighted by atomic mass is 15.5. The van der Waals surface area contributed by atoms with Crippen LogP contribution in [0.1, 0.15) is 36.2 Å². The SMILES string of the molecule is c1ccc(C(=C2CCN(CCCc3nn[nH]n3)CC2)c2ccccc2)cc1. The molecule has 0 aliphatic carbocycles. The molecule has 0 spiro atoms. The Morgan fingerprint density at radius 3 is 2.07 bits per heavy atom. The molecule has 1 aromatic heterocycles. The quantitative estimate of drug-likeness (QED) is 0.729. The number of tetrazole rings is 1.